The summed E-state index contributed by atoms with van der Waals surface area (Å²) < 4.78 is 6.89. The van der Waals surface area contributed by atoms with Gasteiger partial charge in [0.25, 0.3) is 0 Å². The third-order valence-electron chi connectivity index (χ3n) is 3.21. The predicted octanol–water partition coefficient (Wildman–Crippen LogP) is 0.525. The van der Waals surface area contributed by atoms with Crippen LogP contribution in [0.15, 0.2) is 22.8 Å². The summed E-state index contributed by atoms with van der Waals surface area (Å²) in [6, 6.07) is 3.59. The summed E-state index contributed by atoms with van der Waals surface area (Å²) in [5.74, 6) is 1.24. The van der Waals surface area contributed by atoms with E-state index in [1.165, 1.54) is 4.68 Å². The van der Waals surface area contributed by atoms with Crippen molar-refractivity contribution >= 4 is 17.5 Å². The third-order valence-corrected chi connectivity index (χ3v) is 3.21. The molecule has 0 fully saturated rings. The van der Waals surface area contributed by atoms with E-state index in [4.69, 9.17) is 15.3 Å². The van der Waals surface area contributed by atoms with E-state index < -0.39 is 0 Å². The largest absolute Gasteiger partial charge is 0.469 e. The van der Waals surface area contributed by atoms with Gasteiger partial charge in [0.1, 0.15) is 11.6 Å². The zero-order valence-corrected chi connectivity index (χ0v) is 10.2. The van der Waals surface area contributed by atoms with Crippen molar-refractivity contribution in [3.8, 4) is 0 Å². The molecule has 1 aliphatic heterocycles. The number of aromatic nitrogens is 2. The topological polar surface area (TPSA) is 106 Å². The number of carbonyl (C=O) groups excluding carboxylic acids is 1. The van der Waals surface area contributed by atoms with Crippen molar-refractivity contribution in [3.05, 3.63) is 29.7 Å². The molecule has 1 aliphatic rings. The van der Waals surface area contributed by atoms with E-state index in [1.807, 2.05) is 6.07 Å². The van der Waals surface area contributed by atoms with Crippen LogP contribution >= 0.6 is 0 Å². The second kappa shape index (κ2) is 4.43. The van der Waals surface area contributed by atoms with Gasteiger partial charge in [-0.15, -0.1) is 0 Å². The van der Waals surface area contributed by atoms with E-state index in [2.05, 4.69) is 10.4 Å². The minimum Gasteiger partial charge on any atom is -0.469 e. The maximum Gasteiger partial charge on any atom is 0.226 e. The Bertz CT molecular complexity index is 603. The van der Waals surface area contributed by atoms with Crippen molar-refractivity contribution in [3.63, 3.8) is 0 Å². The highest BCUT2D eigenvalue weighted by molar-refractivity contribution is 5.95. The lowest BCUT2D eigenvalue weighted by atomic mass is 9.91. The number of aliphatic hydroxyl groups excluding tert-OH is 1. The van der Waals surface area contributed by atoms with Crippen LogP contribution in [0.1, 0.15) is 23.7 Å². The van der Waals surface area contributed by atoms with Crippen molar-refractivity contribution in [2.75, 3.05) is 17.7 Å². The number of amides is 1. The Balaban J connectivity index is 2.10. The molecule has 0 aliphatic carbocycles. The maximum absolute atomic E-state index is 11.8. The lowest BCUT2D eigenvalue weighted by molar-refractivity contribution is -0.116. The quantitative estimate of drug-likeness (QED) is 0.747. The number of hydrogen-bond donors (Lipinski definition) is 3. The van der Waals surface area contributed by atoms with Crippen molar-refractivity contribution in [2.24, 2.45) is 0 Å². The van der Waals surface area contributed by atoms with E-state index in [0.717, 1.165) is 5.56 Å². The van der Waals surface area contributed by atoms with Gasteiger partial charge in [-0.2, -0.15) is 5.10 Å². The Morgan fingerprint density at radius 3 is 3.16 bits per heavy atom. The molecule has 0 saturated heterocycles. The van der Waals surface area contributed by atoms with Crippen molar-refractivity contribution in [2.45, 2.75) is 18.9 Å². The fourth-order valence-electron chi connectivity index (χ4n) is 2.43. The molecule has 2 aromatic heterocycles. The number of rotatable bonds is 3. The fourth-order valence-corrected chi connectivity index (χ4v) is 2.43. The van der Waals surface area contributed by atoms with Gasteiger partial charge in [0, 0.05) is 12.0 Å². The fraction of sp³-hybridized carbons (Fsp3) is 0.333. The van der Waals surface area contributed by atoms with Crippen LogP contribution in [-0.4, -0.2) is 27.4 Å². The number of fused-ring (bicyclic) bond motifs is 1. The summed E-state index contributed by atoms with van der Waals surface area (Å²) in [6.45, 7) is 0.208. The maximum atomic E-state index is 11.8. The van der Waals surface area contributed by atoms with Gasteiger partial charge in [0.15, 0.2) is 5.82 Å². The molecular weight excluding hydrogens is 248 g/mol. The molecule has 3 rings (SSSR count). The average molecular weight is 262 g/mol. The summed E-state index contributed by atoms with van der Waals surface area (Å²) in [6.07, 6.45) is 1.84. The Kier molecular flexibility index (Phi) is 2.75. The molecule has 7 heteroatoms. The number of nitrogens with one attached hydrogen (secondary N) is 1. The Hall–Kier alpha value is -2.28. The molecule has 0 saturated carbocycles. The van der Waals surface area contributed by atoms with Gasteiger partial charge in [-0.3, -0.25) is 4.79 Å². The third kappa shape index (κ3) is 1.88. The number of nitrogens with two attached hydrogens (primary N) is 1. The molecule has 100 valence electrons. The van der Waals surface area contributed by atoms with Gasteiger partial charge < -0.3 is 20.6 Å². The molecule has 1 atom stereocenters. The molecular formula is C12H14N4O3. The minimum atomic E-state index is -0.230. The Labute approximate surface area is 109 Å². The smallest absolute Gasteiger partial charge is 0.226 e. The number of furan rings is 1. The van der Waals surface area contributed by atoms with Gasteiger partial charge in [-0.1, -0.05) is 0 Å². The van der Waals surface area contributed by atoms with Crippen LogP contribution in [-0.2, 0) is 11.3 Å². The Morgan fingerprint density at radius 2 is 2.47 bits per heavy atom. The number of anilines is 2. The summed E-state index contributed by atoms with van der Waals surface area (Å²) >= 11 is 0. The lowest BCUT2D eigenvalue weighted by Gasteiger charge is -2.22. The molecule has 4 N–H and O–H groups in total. The summed E-state index contributed by atoms with van der Waals surface area (Å²) in [7, 11) is 0. The van der Waals surface area contributed by atoms with Crippen LogP contribution in [0.2, 0.25) is 0 Å². The van der Waals surface area contributed by atoms with Crippen LogP contribution in [0.5, 0.6) is 0 Å². The van der Waals surface area contributed by atoms with Crippen LogP contribution in [0.3, 0.4) is 0 Å². The van der Waals surface area contributed by atoms with Crippen LogP contribution in [0.25, 0.3) is 0 Å². The zero-order chi connectivity index (χ0) is 13.4. The second-order valence-electron chi connectivity index (χ2n) is 4.41. The second-order valence-corrected chi connectivity index (χ2v) is 4.41. The van der Waals surface area contributed by atoms with Crippen LogP contribution < -0.4 is 11.1 Å². The first-order valence-electron chi connectivity index (χ1n) is 6.01. The van der Waals surface area contributed by atoms with Gasteiger partial charge in [-0.25, -0.2) is 4.68 Å². The predicted molar refractivity (Wildman–Crippen MR) is 67.5 cm³/mol. The molecule has 0 bridgehead atoms. The van der Waals surface area contributed by atoms with Crippen LogP contribution in [0.4, 0.5) is 11.6 Å². The minimum absolute atomic E-state index is 0.0746. The highest BCUT2D eigenvalue weighted by Gasteiger charge is 2.34. The molecule has 0 radical (unpaired) electrons. The highest BCUT2D eigenvalue weighted by Crippen LogP contribution is 2.40. The molecule has 19 heavy (non-hydrogen) atoms. The summed E-state index contributed by atoms with van der Waals surface area (Å²) in [5, 5.41) is 15.9. The van der Waals surface area contributed by atoms with Gasteiger partial charge in [-0.05, 0) is 12.1 Å². The normalized spacial score (nSPS) is 18.2. The van der Waals surface area contributed by atoms with Crippen LogP contribution in [0, 0.1) is 0 Å². The standard InChI is InChI=1S/C12H14N4O3/c13-11-10-7(8-2-1-5-19-8)6-9(18)14-12(10)16(15-11)3-4-17/h1-2,5,7,17H,3-4,6H2,(H2,13,15)(H,14,18)/t7-/m1/s1. The number of aliphatic hydroxyl groups is 1. The molecule has 7 nitrogen and oxygen atoms in total. The van der Waals surface area contributed by atoms with Crippen molar-refractivity contribution in [1.82, 2.24) is 9.78 Å². The number of hydrogen-bond acceptors (Lipinski definition) is 5. The van der Waals surface area contributed by atoms with Gasteiger partial charge in [0.2, 0.25) is 5.91 Å². The van der Waals surface area contributed by atoms with E-state index in [9.17, 15) is 4.79 Å². The summed E-state index contributed by atoms with van der Waals surface area (Å²) in [5.41, 5.74) is 6.68. The number of nitrogen functional groups attached to an aromatic ring is 1. The van der Waals surface area contributed by atoms with Crippen molar-refractivity contribution in [1.29, 1.82) is 0 Å². The number of nitrogens with zero attached hydrogens (tertiary/aromatic N) is 2. The van der Waals surface area contributed by atoms with E-state index in [1.54, 1.807) is 12.3 Å². The van der Waals surface area contributed by atoms with Gasteiger partial charge >= 0.3 is 0 Å². The molecule has 0 spiro atoms. The first-order chi connectivity index (χ1) is 9.20. The van der Waals surface area contributed by atoms with E-state index in [0.29, 0.717) is 17.4 Å². The highest BCUT2D eigenvalue weighted by atomic mass is 16.3. The molecule has 1 amide bonds. The van der Waals surface area contributed by atoms with Crippen molar-refractivity contribution < 1.29 is 14.3 Å². The monoisotopic (exact) mass is 262 g/mol. The molecule has 0 unspecified atom stereocenters. The SMILES string of the molecule is Nc1nn(CCO)c2c1[C@@H](c1ccco1)CC(=O)N2. The first kappa shape index (κ1) is 11.8. The average Bonchev–Trinajstić information content (AvgIpc) is 2.99. The van der Waals surface area contributed by atoms with E-state index >= 15 is 0 Å². The molecule has 2 aromatic rings. The molecule has 3 heterocycles. The zero-order valence-electron chi connectivity index (χ0n) is 10.2. The van der Waals surface area contributed by atoms with Gasteiger partial charge in [0.05, 0.1) is 25.3 Å². The molecule has 0 aromatic carbocycles. The Morgan fingerprint density at radius 1 is 1.63 bits per heavy atom. The summed E-state index contributed by atoms with van der Waals surface area (Å²) in [4.78, 5) is 11.8. The number of carbonyl (C=O) groups is 1. The van der Waals surface area contributed by atoms with E-state index in [-0.39, 0.29) is 31.4 Å². The first-order valence-corrected chi connectivity index (χ1v) is 6.01. The lowest BCUT2D eigenvalue weighted by Crippen LogP contribution is -2.25.